The van der Waals surface area contributed by atoms with Crippen LogP contribution in [0.3, 0.4) is 0 Å². The van der Waals surface area contributed by atoms with E-state index in [1.165, 1.54) is 0 Å². The maximum absolute atomic E-state index is 13.7. The summed E-state index contributed by atoms with van der Waals surface area (Å²) >= 11 is 9.68. The first-order valence-corrected chi connectivity index (χ1v) is 11.8. The minimum absolute atomic E-state index is 0.0754. The Bertz CT molecular complexity index is 1140. The highest BCUT2D eigenvalue weighted by Gasteiger charge is 2.54. The van der Waals surface area contributed by atoms with E-state index in [1.807, 2.05) is 72.8 Å². The van der Waals surface area contributed by atoms with Crippen molar-refractivity contribution in [3.8, 4) is 0 Å². The molecule has 1 unspecified atom stereocenters. The molecule has 1 heterocycles. The van der Waals surface area contributed by atoms with Gasteiger partial charge in [0.15, 0.2) is 5.72 Å². The lowest BCUT2D eigenvalue weighted by atomic mass is 9.93. The molecule has 1 aliphatic carbocycles. The Morgan fingerprint density at radius 3 is 2.34 bits per heavy atom. The van der Waals surface area contributed by atoms with Crippen LogP contribution in [-0.4, -0.2) is 29.1 Å². The molecular formula is C26H23BrClNO3. The maximum Gasteiger partial charge on any atom is 0.257 e. The third-order valence-corrected chi connectivity index (χ3v) is 7.30. The molecule has 1 N–H and O–H groups in total. The monoisotopic (exact) mass is 511 g/mol. The van der Waals surface area contributed by atoms with Crippen molar-refractivity contribution in [3.63, 3.8) is 0 Å². The van der Waals surface area contributed by atoms with E-state index in [4.69, 9.17) is 16.3 Å². The van der Waals surface area contributed by atoms with E-state index in [-0.39, 0.29) is 17.9 Å². The van der Waals surface area contributed by atoms with Crippen LogP contribution in [0.4, 0.5) is 0 Å². The number of ether oxygens (including phenoxy) is 1. The lowest BCUT2D eigenvalue weighted by Crippen LogP contribution is -2.47. The molecular weight excluding hydrogens is 490 g/mol. The zero-order valence-corrected chi connectivity index (χ0v) is 19.8. The molecule has 164 valence electrons. The van der Waals surface area contributed by atoms with E-state index < -0.39 is 5.72 Å². The molecule has 6 heteroatoms. The van der Waals surface area contributed by atoms with E-state index in [0.29, 0.717) is 23.7 Å². The van der Waals surface area contributed by atoms with Crippen LogP contribution in [0, 0.1) is 5.41 Å². The summed E-state index contributed by atoms with van der Waals surface area (Å²) in [5.41, 5.74) is 1.96. The highest BCUT2D eigenvalue weighted by Crippen LogP contribution is 2.51. The van der Waals surface area contributed by atoms with Crippen molar-refractivity contribution in [1.82, 2.24) is 4.90 Å². The van der Waals surface area contributed by atoms with Crippen LogP contribution in [0.1, 0.15) is 39.9 Å². The van der Waals surface area contributed by atoms with Gasteiger partial charge in [-0.3, -0.25) is 9.69 Å². The molecule has 0 bridgehead atoms. The highest BCUT2D eigenvalue weighted by molar-refractivity contribution is 9.10. The number of carbonyl (C=O) groups is 1. The first kappa shape index (κ1) is 21.7. The molecule has 3 aromatic carbocycles. The van der Waals surface area contributed by atoms with Crippen LogP contribution in [0.15, 0.2) is 77.3 Å². The van der Waals surface area contributed by atoms with E-state index >= 15 is 0 Å². The van der Waals surface area contributed by atoms with Crippen molar-refractivity contribution < 1.29 is 14.6 Å². The molecule has 1 aliphatic heterocycles. The van der Waals surface area contributed by atoms with Crippen LogP contribution < -0.4 is 0 Å². The lowest BCUT2D eigenvalue weighted by Gasteiger charge is -2.40. The second-order valence-corrected chi connectivity index (χ2v) is 10.0. The molecule has 0 saturated heterocycles. The Morgan fingerprint density at radius 1 is 1.00 bits per heavy atom. The molecule has 1 saturated carbocycles. The fourth-order valence-electron chi connectivity index (χ4n) is 4.36. The summed E-state index contributed by atoms with van der Waals surface area (Å²) in [6.07, 6.45) is 1.84. The molecule has 5 rings (SSSR count). The van der Waals surface area contributed by atoms with Gasteiger partial charge in [0.2, 0.25) is 0 Å². The fraction of sp³-hybridized carbons (Fsp3) is 0.269. The normalized spacial score (nSPS) is 21.0. The number of fused-ring (bicyclic) bond motifs is 1. The number of nitrogens with zero attached hydrogens (tertiary/aromatic N) is 1. The van der Waals surface area contributed by atoms with Crippen molar-refractivity contribution >= 4 is 33.4 Å². The van der Waals surface area contributed by atoms with Crippen molar-refractivity contribution in [1.29, 1.82) is 0 Å². The number of amides is 1. The number of carbonyl (C=O) groups excluding carboxylic acids is 1. The summed E-state index contributed by atoms with van der Waals surface area (Å²) in [4.78, 5) is 15.5. The number of aliphatic hydroxyl groups is 1. The second-order valence-electron chi connectivity index (χ2n) is 8.66. The topological polar surface area (TPSA) is 49.8 Å². The van der Waals surface area contributed by atoms with Gasteiger partial charge in [-0.05, 0) is 48.7 Å². The Balaban J connectivity index is 1.65. The van der Waals surface area contributed by atoms with Crippen LogP contribution in [-0.2, 0) is 17.0 Å². The van der Waals surface area contributed by atoms with E-state index in [2.05, 4.69) is 15.9 Å². The SMILES string of the molecule is O=C1c2ccccc2C(OCC2(CO)CC2)(c2ccc(Cl)cc2)N1Cc1ccc(Br)cc1. The van der Waals surface area contributed by atoms with Gasteiger partial charge in [0.05, 0.1) is 13.2 Å². The Kier molecular flexibility index (Phi) is 5.62. The largest absolute Gasteiger partial charge is 0.396 e. The minimum Gasteiger partial charge on any atom is -0.396 e. The predicted octanol–water partition coefficient (Wildman–Crippen LogP) is 5.75. The van der Waals surface area contributed by atoms with Gasteiger partial charge >= 0.3 is 0 Å². The van der Waals surface area contributed by atoms with E-state index in [9.17, 15) is 9.90 Å². The zero-order chi connectivity index (χ0) is 22.3. The van der Waals surface area contributed by atoms with Gasteiger partial charge in [-0.15, -0.1) is 0 Å². The Morgan fingerprint density at radius 2 is 1.69 bits per heavy atom. The first-order valence-electron chi connectivity index (χ1n) is 10.6. The molecule has 0 spiro atoms. The molecule has 0 aromatic heterocycles. The average Bonchev–Trinajstić information content (AvgIpc) is 3.56. The molecule has 3 aromatic rings. The molecule has 2 aliphatic rings. The number of aliphatic hydroxyl groups excluding tert-OH is 1. The summed E-state index contributed by atoms with van der Waals surface area (Å²) in [5, 5.41) is 10.5. The summed E-state index contributed by atoms with van der Waals surface area (Å²) < 4.78 is 7.72. The molecule has 32 heavy (non-hydrogen) atoms. The smallest absolute Gasteiger partial charge is 0.257 e. The van der Waals surface area contributed by atoms with Crippen molar-refractivity contribution in [2.75, 3.05) is 13.2 Å². The van der Waals surface area contributed by atoms with Crippen molar-refractivity contribution in [3.05, 3.63) is 105 Å². The van der Waals surface area contributed by atoms with E-state index in [1.54, 1.807) is 4.90 Å². The van der Waals surface area contributed by atoms with Gasteiger partial charge in [-0.2, -0.15) is 0 Å². The summed E-state index contributed by atoms with van der Waals surface area (Å²) in [6.45, 7) is 0.826. The first-order chi connectivity index (χ1) is 15.5. The molecule has 4 nitrogen and oxygen atoms in total. The van der Waals surface area contributed by atoms with Gasteiger partial charge in [0.1, 0.15) is 0 Å². The number of benzene rings is 3. The molecule has 0 radical (unpaired) electrons. The summed E-state index contributed by atoms with van der Waals surface area (Å²) in [6, 6.07) is 23.1. The van der Waals surface area contributed by atoms with Crippen LogP contribution in [0.5, 0.6) is 0 Å². The molecule has 1 atom stereocenters. The van der Waals surface area contributed by atoms with Crippen LogP contribution in [0.2, 0.25) is 5.02 Å². The summed E-state index contributed by atoms with van der Waals surface area (Å²) in [7, 11) is 0. The quantitative estimate of drug-likeness (QED) is 0.439. The fourth-order valence-corrected chi connectivity index (χ4v) is 4.75. The number of halogens is 2. The second kappa shape index (κ2) is 8.31. The standard InChI is InChI=1S/C26H23BrClNO3/c27-20-9-5-18(6-10-20)15-29-24(31)22-3-1-2-4-23(22)26(29,19-7-11-21(28)12-8-19)32-17-25(16-30)13-14-25/h1-12,30H,13-17H2. The van der Waals surface area contributed by atoms with Gasteiger partial charge < -0.3 is 9.84 Å². The van der Waals surface area contributed by atoms with Crippen LogP contribution in [0.25, 0.3) is 0 Å². The van der Waals surface area contributed by atoms with Gasteiger partial charge in [0, 0.05) is 38.1 Å². The van der Waals surface area contributed by atoms with E-state index in [0.717, 1.165) is 34.0 Å². The van der Waals surface area contributed by atoms with Crippen molar-refractivity contribution in [2.45, 2.75) is 25.1 Å². The lowest BCUT2D eigenvalue weighted by molar-refractivity contribution is -0.128. The Hall–Kier alpha value is -2.18. The van der Waals surface area contributed by atoms with Crippen molar-refractivity contribution in [2.24, 2.45) is 5.41 Å². The maximum atomic E-state index is 13.7. The number of rotatable bonds is 7. The summed E-state index contributed by atoms with van der Waals surface area (Å²) in [5.74, 6) is -0.0766. The minimum atomic E-state index is -1.10. The van der Waals surface area contributed by atoms with Gasteiger partial charge in [-0.1, -0.05) is 70.0 Å². The van der Waals surface area contributed by atoms with Gasteiger partial charge in [-0.25, -0.2) is 0 Å². The third kappa shape index (κ3) is 3.67. The van der Waals surface area contributed by atoms with Crippen LogP contribution >= 0.6 is 27.5 Å². The van der Waals surface area contributed by atoms with Gasteiger partial charge in [0.25, 0.3) is 5.91 Å². The molecule has 1 fully saturated rings. The number of hydrogen-bond donors (Lipinski definition) is 1. The predicted molar refractivity (Wildman–Crippen MR) is 127 cm³/mol. The molecule has 1 amide bonds. The third-order valence-electron chi connectivity index (χ3n) is 6.52. The Labute approximate surface area is 200 Å². The zero-order valence-electron chi connectivity index (χ0n) is 17.4. The number of hydrogen-bond acceptors (Lipinski definition) is 3. The highest BCUT2D eigenvalue weighted by atomic mass is 79.9. The average molecular weight is 513 g/mol.